The number of esters is 2. The van der Waals surface area contributed by atoms with Gasteiger partial charge in [0.25, 0.3) is 0 Å². The lowest BCUT2D eigenvalue weighted by Gasteiger charge is -2.24. The van der Waals surface area contributed by atoms with Crippen LogP contribution in [-0.2, 0) is 33.4 Å². The lowest BCUT2D eigenvalue weighted by atomic mass is 9.82. The van der Waals surface area contributed by atoms with Crippen LogP contribution in [0.2, 0.25) is 0 Å². The number of ether oxygens (including phenoxy) is 3. The van der Waals surface area contributed by atoms with Crippen molar-refractivity contribution in [1.29, 1.82) is 0 Å². The van der Waals surface area contributed by atoms with Crippen molar-refractivity contribution in [2.45, 2.75) is 50.6 Å². The summed E-state index contributed by atoms with van der Waals surface area (Å²) in [6.07, 6.45) is 3.78. The monoisotopic (exact) mass is 362 g/mol. The van der Waals surface area contributed by atoms with Crippen LogP contribution >= 0.6 is 0 Å². The summed E-state index contributed by atoms with van der Waals surface area (Å²) in [5.74, 6) is -2.32. The van der Waals surface area contributed by atoms with Gasteiger partial charge in [0.1, 0.15) is 30.9 Å². The topological polar surface area (TPSA) is 99.3 Å². The van der Waals surface area contributed by atoms with Gasteiger partial charge in [-0.15, -0.1) is 0 Å². The quantitative estimate of drug-likeness (QED) is 0.210. The first kappa shape index (κ1) is 18.5. The summed E-state index contributed by atoms with van der Waals surface area (Å²) >= 11 is 0. The zero-order valence-corrected chi connectivity index (χ0v) is 14.8. The minimum absolute atomic E-state index is 0.124. The van der Waals surface area contributed by atoms with Gasteiger partial charge in [-0.2, -0.15) is 0 Å². The number of rotatable bonds is 8. The van der Waals surface area contributed by atoms with E-state index in [9.17, 15) is 19.2 Å². The summed E-state index contributed by atoms with van der Waals surface area (Å²) in [5, 5.41) is 0. The second-order valence-corrected chi connectivity index (χ2v) is 7.35. The number of hydrogen-bond donors (Lipinski definition) is 0. The predicted molar refractivity (Wildman–Crippen MR) is 88.8 cm³/mol. The maximum atomic E-state index is 11.7. The standard InChI is InChI=1S/C19H22O7/c1-10-11(2)18(23)25-16(10)17-19(3,26-17)7-6-13(12(8-20)9-21)14-4-5-15(22)24-14/h4-5,8-10,12-14,16-17H,2,6-7H2,1,3H3/t10-,13?,14?,16-,17+,19+/m0/s1. The molecule has 26 heavy (non-hydrogen) atoms. The zero-order valence-electron chi connectivity index (χ0n) is 14.8. The van der Waals surface area contributed by atoms with E-state index >= 15 is 0 Å². The third kappa shape index (κ3) is 3.23. The second-order valence-electron chi connectivity index (χ2n) is 7.35. The normalized spacial score (nSPS) is 36.8. The molecule has 3 aliphatic rings. The largest absolute Gasteiger partial charge is 0.455 e. The van der Waals surface area contributed by atoms with E-state index in [-0.39, 0.29) is 18.1 Å². The fourth-order valence-electron chi connectivity index (χ4n) is 3.76. The molecule has 0 aromatic heterocycles. The Morgan fingerprint density at radius 2 is 1.96 bits per heavy atom. The van der Waals surface area contributed by atoms with E-state index in [0.717, 1.165) is 0 Å². The number of aldehydes is 2. The van der Waals surface area contributed by atoms with Crippen LogP contribution in [0.5, 0.6) is 0 Å². The molecule has 2 unspecified atom stereocenters. The van der Waals surface area contributed by atoms with Gasteiger partial charge in [-0.05, 0) is 25.8 Å². The van der Waals surface area contributed by atoms with Crippen LogP contribution in [0.3, 0.4) is 0 Å². The van der Waals surface area contributed by atoms with Crippen molar-refractivity contribution in [3.05, 3.63) is 24.3 Å². The minimum Gasteiger partial charge on any atom is -0.455 e. The molecule has 0 radical (unpaired) electrons. The molecule has 2 fully saturated rings. The molecule has 0 saturated carbocycles. The van der Waals surface area contributed by atoms with Gasteiger partial charge in [0, 0.05) is 23.5 Å². The van der Waals surface area contributed by atoms with Gasteiger partial charge in [-0.25, -0.2) is 9.59 Å². The molecule has 0 bridgehead atoms. The summed E-state index contributed by atoms with van der Waals surface area (Å²) in [7, 11) is 0. The van der Waals surface area contributed by atoms with E-state index < -0.39 is 35.5 Å². The minimum atomic E-state index is -0.862. The highest BCUT2D eigenvalue weighted by Gasteiger charge is 2.61. The highest BCUT2D eigenvalue weighted by atomic mass is 16.6. The van der Waals surface area contributed by atoms with Crippen LogP contribution in [0, 0.1) is 17.8 Å². The number of carbonyl (C=O) groups is 4. The van der Waals surface area contributed by atoms with Gasteiger partial charge in [-0.3, -0.25) is 0 Å². The van der Waals surface area contributed by atoms with Crippen LogP contribution in [0.4, 0.5) is 0 Å². The fourth-order valence-corrected chi connectivity index (χ4v) is 3.76. The molecule has 0 aliphatic carbocycles. The molecular formula is C19H22O7. The van der Waals surface area contributed by atoms with Crippen molar-refractivity contribution < 1.29 is 33.4 Å². The Morgan fingerprint density at radius 3 is 2.46 bits per heavy atom. The van der Waals surface area contributed by atoms with E-state index in [1.165, 1.54) is 6.08 Å². The molecule has 7 nitrogen and oxygen atoms in total. The first-order valence-electron chi connectivity index (χ1n) is 8.67. The Balaban J connectivity index is 1.64. The number of cyclic esters (lactones) is 2. The maximum Gasteiger partial charge on any atom is 0.334 e. The van der Waals surface area contributed by atoms with Crippen molar-refractivity contribution >= 4 is 24.5 Å². The molecule has 2 saturated heterocycles. The lowest BCUT2D eigenvalue weighted by Crippen LogP contribution is -2.32. The summed E-state index contributed by atoms with van der Waals surface area (Å²) in [5.41, 5.74) is -0.0826. The van der Waals surface area contributed by atoms with E-state index in [2.05, 4.69) is 6.58 Å². The van der Waals surface area contributed by atoms with E-state index in [1.807, 2.05) is 13.8 Å². The maximum absolute atomic E-state index is 11.7. The first-order valence-corrected chi connectivity index (χ1v) is 8.67. The van der Waals surface area contributed by atoms with Crippen molar-refractivity contribution in [3.8, 4) is 0 Å². The molecule has 0 spiro atoms. The third-order valence-corrected chi connectivity index (χ3v) is 5.67. The summed E-state index contributed by atoms with van der Waals surface area (Å²) in [6.45, 7) is 7.52. The van der Waals surface area contributed by atoms with Gasteiger partial charge >= 0.3 is 11.9 Å². The van der Waals surface area contributed by atoms with Crippen LogP contribution in [-0.4, -0.2) is 48.4 Å². The molecule has 140 valence electrons. The molecule has 3 heterocycles. The second kappa shape index (κ2) is 6.79. The van der Waals surface area contributed by atoms with Crippen molar-refractivity contribution in [2.24, 2.45) is 17.8 Å². The van der Waals surface area contributed by atoms with Gasteiger partial charge in [0.2, 0.25) is 0 Å². The Bertz CT molecular complexity index is 673. The fraction of sp³-hybridized carbons (Fsp3) is 0.579. The molecule has 3 aliphatic heterocycles. The van der Waals surface area contributed by atoms with Crippen molar-refractivity contribution in [2.75, 3.05) is 0 Å². The number of epoxide rings is 1. The first-order chi connectivity index (χ1) is 12.3. The third-order valence-electron chi connectivity index (χ3n) is 5.67. The van der Waals surface area contributed by atoms with Gasteiger partial charge in [-0.1, -0.05) is 13.5 Å². The van der Waals surface area contributed by atoms with Gasteiger partial charge < -0.3 is 23.8 Å². The molecular weight excluding hydrogens is 340 g/mol. The highest BCUT2D eigenvalue weighted by molar-refractivity contribution is 5.90. The Labute approximate surface area is 151 Å². The average Bonchev–Trinajstić information content (AvgIpc) is 2.96. The Kier molecular flexibility index (Phi) is 4.84. The van der Waals surface area contributed by atoms with E-state index in [4.69, 9.17) is 14.2 Å². The van der Waals surface area contributed by atoms with Gasteiger partial charge in [0.15, 0.2) is 0 Å². The summed E-state index contributed by atoms with van der Waals surface area (Å²) in [6, 6.07) is 0. The SMILES string of the molecule is C=C1C(=O)O[C@H]([C@H]2O[C@]2(C)CCC(C(C=O)C=O)C2C=CC(=O)O2)[C@H]1C. The van der Waals surface area contributed by atoms with Crippen LogP contribution < -0.4 is 0 Å². The molecule has 0 N–H and O–H groups in total. The molecule has 0 aromatic rings. The van der Waals surface area contributed by atoms with Crippen LogP contribution in [0.25, 0.3) is 0 Å². The molecule has 0 amide bonds. The average molecular weight is 362 g/mol. The molecule has 6 atom stereocenters. The predicted octanol–water partition coefficient (Wildman–Crippen LogP) is 1.15. The van der Waals surface area contributed by atoms with Crippen molar-refractivity contribution in [1.82, 2.24) is 0 Å². The van der Waals surface area contributed by atoms with Crippen LogP contribution in [0.1, 0.15) is 26.7 Å². The number of hydrogen-bond acceptors (Lipinski definition) is 7. The van der Waals surface area contributed by atoms with Crippen molar-refractivity contribution in [3.63, 3.8) is 0 Å². The molecule has 7 heteroatoms. The molecule has 0 aromatic carbocycles. The Morgan fingerprint density at radius 1 is 1.27 bits per heavy atom. The highest BCUT2D eigenvalue weighted by Crippen LogP contribution is 2.49. The smallest absolute Gasteiger partial charge is 0.334 e. The Hall–Kier alpha value is -2.28. The number of carbonyl (C=O) groups excluding carboxylic acids is 4. The summed E-state index contributed by atoms with van der Waals surface area (Å²) in [4.78, 5) is 45.5. The van der Waals surface area contributed by atoms with Crippen LogP contribution in [0.15, 0.2) is 24.3 Å². The van der Waals surface area contributed by atoms with E-state index in [0.29, 0.717) is 31.0 Å². The zero-order chi connectivity index (χ0) is 19.1. The summed E-state index contributed by atoms with van der Waals surface area (Å²) < 4.78 is 16.4. The van der Waals surface area contributed by atoms with E-state index in [1.54, 1.807) is 6.08 Å². The lowest BCUT2D eigenvalue weighted by molar-refractivity contribution is -0.143. The van der Waals surface area contributed by atoms with Gasteiger partial charge in [0.05, 0.1) is 11.5 Å². The molecule has 3 rings (SSSR count).